The van der Waals surface area contributed by atoms with Crippen LogP contribution in [0, 0.1) is 12.7 Å². The van der Waals surface area contributed by atoms with E-state index >= 15 is 0 Å². The number of hydrogen-bond donors (Lipinski definition) is 1. The van der Waals surface area contributed by atoms with Crippen LogP contribution in [-0.4, -0.2) is 30.2 Å². The molecule has 3 aromatic rings. The van der Waals surface area contributed by atoms with Gasteiger partial charge in [0.1, 0.15) is 11.6 Å². The van der Waals surface area contributed by atoms with Crippen LogP contribution in [0.5, 0.6) is 5.88 Å². The molecule has 9 heteroatoms. The molecule has 1 atom stereocenters. The molecule has 1 N–H and O–H groups in total. The number of carbonyl (C=O) groups is 2. The number of ether oxygens (including phenoxy) is 2. The SMILES string of the molecule is Cc1cc(OCC(=O)OCC(=O)N[C@@H](c2ccc(F)cc2)c2cccs2)no1. The van der Waals surface area contributed by atoms with Crippen LogP contribution >= 0.6 is 11.3 Å². The number of rotatable bonds is 8. The quantitative estimate of drug-likeness (QED) is 0.581. The molecule has 0 spiro atoms. The number of benzene rings is 1. The van der Waals surface area contributed by atoms with Crippen molar-refractivity contribution in [2.45, 2.75) is 13.0 Å². The van der Waals surface area contributed by atoms with Crippen molar-refractivity contribution < 1.29 is 28.0 Å². The van der Waals surface area contributed by atoms with E-state index in [2.05, 4.69) is 10.5 Å². The Bertz CT molecular complexity index is 924. The van der Waals surface area contributed by atoms with Crippen LogP contribution < -0.4 is 10.1 Å². The van der Waals surface area contributed by atoms with Gasteiger partial charge in [0.05, 0.1) is 6.04 Å². The number of aryl methyl sites for hydroxylation is 1. The van der Waals surface area contributed by atoms with E-state index in [1.165, 1.54) is 29.5 Å². The average molecular weight is 404 g/mol. The smallest absolute Gasteiger partial charge is 0.344 e. The van der Waals surface area contributed by atoms with Crippen LogP contribution in [0.3, 0.4) is 0 Å². The molecule has 2 aromatic heterocycles. The second-order valence-electron chi connectivity index (χ2n) is 5.79. The van der Waals surface area contributed by atoms with Crippen molar-refractivity contribution >= 4 is 23.2 Å². The van der Waals surface area contributed by atoms with Gasteiger partial charge in [0.25, 0.3) is 11.8 Å². The molecule has 0 aliphatic carbocycles. The largest absolute Gasteiger partial charge is 0.463 e. The molecule has 0 radical (unpaired) electrons. The molecule has 0 saturated carbocycles. The number of hydrogen-bond acceptors (Lipinski definition) is 7. The molecular formula is C19H17FN2O5S. The molecule has 0 unspecified atom stereocenters. The zero-order valence-electron chi connectivity index (χ0n) is 14.9. The summed E-state index contributed by atoms with van der Waals surface area (Å²) in [4.78, 5) is 24.8. The Labute approximate surface area is 164 Å². The van der Waals surface area contributed by atoms with Crippen molar-refractivity contribution in [3.63, 3.8) is 0 Å². The van der Waals surface area contributed by atoms with E-state index in [1.54, 1.807) is 19.1 Å². The summed E-state index contributed by atoms with van der Waals surface area (Å²) in [7, 11) is 0. The van der Waals surface area contributed by atoms with Crippen molar-refractivity contribution in [3.05, 3.63) is 69.9 Å². The molecule has 0 saturated heterocycles. The Balaban J connectivity index is 1.53. The number of aromatic nitrogens is 1. The van der Waals surface area contributed by atoms with Crippen LogP contribution in [-0.2, 0) is 14.3 Å². The summed E-state index contributed by atoms with van der Waals surface area (Å²) in [6, 6.07) is 10.6. The zero-order chi connectivity index (χ0) is 19.9. The Morgan fingerprint density at radius 1 is 1.25 bits per heavy atom. The Morgan fingerprint density at radius 2 is 2.04 bits per heavy atom. The topological polar surface area (TPSA) is 90.7 Å². The molecule has 2 heterocycles. The Kier molecular flexibility index (Phi) is 6.38. The molecule has 0 fully saturated rings. The van der Waals surface area contributed by atoms with Gasteiger partial charge >= 0.3 is 5.97 Å². The minimum absolute atomic E-state index is 0.160. The van der Waals surface area contributed by atoms with Crippen molar-refractivity contribution in [3.8, 4) is 5.88 Å². The lowest BCUT2D eigenvalue weighted by molar-refractivity contribution is -0.150. The van der Waals surface area contributed by atoms with Crippen molar-refractivity contribution in [1.29, 1.82) is 0 Å². The first-order chi connectivity index (χ1) is 13.5. The van der Waals surface area contributed by atoms with Gasteiger partial charge in [-0.25, -0.2) is 9.18 Å². The lowest BCUT2D eigenvalue weighted by Gasteiger charge is -2.18. The highest BCUT2D eigenvalue weighted by Gasteiger charge is 2.19. The van der Waals surface area contributed by atoms with E-state index in [1.807, 2.05) is 17.5 Å². The predicted octanol–water partition coefficient (Wildman–Crippen LogP) is 3.01. The minimum atomic E-state index is -0.717. The highest BCUT2D eigenvalue weighted by molar-refractivity contribution is 7.10. The van der Waals surface area contributed by atoms with E-state index in [9.17, 15) is 14.0 Å². The van der Waals surface area contributed by atoms with Gasteiger partial charge in [0.15, 0.2) is 13.2 Å². The maximum Gasteiger partial charge on any atom is 0.344 e. The summed E-state index contributed by atoms with van der Waals surface area (Å²) >= 11 is 1.45. The molecule has 0 bridgehead atoms. The Hall–Kier alpha value is -3.20. The third kappa shape index (κ3) is 5.40. The molecule has 146 valence electrons. The van der Waals surface area contributed by atoms with E-state index in [0.29, 0.717) is 11.3 Å². The normalized spacial score (nSPS) is 11.6. The van der Waals surface area contributed by atoms with Gasteiger partial charge in [-0.2, -0.15) is 0 Å². The number of esters is 1. The van der Waals surface area contributed by atoms with Gasteiger partial charge in [0, 0.05) is 10.9 Å². The van der Waals surface area contributed by atoms with E-state index in [0.717, 1.165) is 4.88 Å². The minimum Gasteiger partial charge on any atom is -0.463 e. The van der Waals surface area contributed by atoms with Crippen molar-refractivity contribution in [2.24, 2.45) is 0 Å². The number of nitrogens with zero attached hydrogens (tertiary/aromatic N) is 1. The molecule has 1 amide bonds. The maximum absolute atomic E-state index is 13.2. The number of amides is 1. The fourth-order valence-corrected chi connectivity index (χ4v) is 3.17. The van der Waals surface area contributed by atoms with E-state index < -0.39 is 31.1 Å². The molecular weight excluding hydrogens is 387 g/mol. The zero-order valence-corrected chi connectivity index (χ0v) is 15.7. The van der Waals surface area contributed by atoms with Crippen LogP contribution in [0.15, 0.2) is 52.4 Å². The van der Waals surface area contributed by atoms with Crippen molar-refractivity contribution in [2.75, 3.05) is 13.2 Å². The fraction of sp³-hybridized carbons (Fsp3) is 0.211. The summed E-state index contributed by atoms with van der Waals surface area (Å²) in [6.07, 6.45) is 0. The average Bonchev–Trinajstić information content (AvgIpc) is 3.35. The summed E-state index contributed by atoms with van der Waals surface area (Å²) in [5.74, 6) is -0.869. The standard InChI is InChI=1S/C19H17FN2O5S/c1-12-9-17(22-27-12)25-11-18(24)26-10-16(23)21-19(15-3-2-8-28-15)13-4-6-14(20)7-5-13/h2-9,19H,10-11H2,1H3,(H,21,23)/t19-/m0/s1. The van der Waals surface area contributed by atoms with Gasteiger partial charge in [0.2, 0.25) is 0 Å². The fourth-order valence-electron chi connectivity index (χ4n) is 2.36. The monoisotopic (exact) mass is 404 g/mol. The second kappa shape index (κ2) is 9.14. The first kappa shape index (κ1) is 19.6. The predicted molar refractivity (Wildman–Crippen MR) is 98.4 cm³/mol. The second-order valence-corrected chi connectivity index (χ2v) is 6.77. The van der Waals surface area contributed by atoms with Crippen LogP contribution in [0.25, 0.3) is 0 Å². The Morgan fingerprint density at radius 3 is 2.68 bits per heavy atom. The molecule has 1 aromatic carbocycles. The maximum atomic E-state index is 13.2. The van der Waals surface area contributed by atoms with Crippen molar-refractivity contribution in [1.82, 2.24) is 10.5 Å². The molecule has 7 nitrogen and oxygen atoms in total. The first-order valence-electron chi connectivity index (χ1n) is 8.31. The summed E-state index contributed by atoms with van der Waals surface area (Å²) in [6.45, 7) is 0.822. The summed E-state index contributed by atoms with van der Waals surface area (Å²) < 4.78 is 28.0. The number of halogens is 1. The highest BCUT2D eigenvalue weighted by atomic mass is 32.1. The summed E-state index contributed by atoms with van der Waals surface area (Å²) in [5, 5.41) is 8.25. The first-order valence-corrected chi connectivity index (χ1v) is 9.19. The van der Waals surface area contributed by atoms with Gasteiger partial charge in [-0.15, -0.1) is 11.3 Å². The number of nitrogens with one attached hydrogen (secondary N) is 1. The van der Waals surface area contributed by atoms with Gasteiger partial charge < -0.3 is 19.3 Å². The van der Waals surface area contributed by atoms with E-state index in [4.69, 9.17) is 14.0 Å². The number of carbonyl (C=O) groups excluding carboxylic acids is 2. The number of thiophene rings is 1. The summed E-state index contributed by atoms with van der Waals surface area (Å²) in [5.41, 5.74) is 0.716. The molecule has 3 rings (SSSR count). The van der Waals surface area contributed by atoms with Crippen LogP contribution in [0.2, 0.25) is 0 Å². The molecule has 0 aliphatic rings. The third-order valence-electron chi connectivity index (χ3n) is 3.64. The van der Waals surface area contributed by atoms with Crippen LogP contribution in [0.1, 0.15) is 22.2 Å². The third-order valence-corrected chi connectivity index (χ3v) is 4.58. The lowest BCUT2D eigenvalue weighted by Crippen LogP contribution is -2.33. The van der Waals surface area contributed by atoms with E-state index in [-0.39, 0.29) is 11.7 Å². The lowest BCUT2D eigenvalue weighted by atomic mass is 10.1. The van der Waals surface area contributed by atoms with Gasteiger partial charge in [-0.05, 0) is 41.2 Å². The highest BCUT2D eigenvalue weighted by Crippen LogP contribution is 2.26. The van der Waals surface area contributed by atoms with Crippen LogP contribution in [0.4, 0.5) is 4.39 Å². The van der Waals surface area contributed by atoms with Gasteiger partial charge in [-0.1, -0.05) is 18.2 Å². The molecule has 28 heavy (non-hydrogen) atoms. The molecule has 0 aliphatic heterocycles. The van der Waals surface area contributed by atoms with Gasteiger partial charge in [-0.3, -0.25) is 4.79 Å².